The predicted octanol–water partition coefficient (Wildman–Crippen LogP) is -10.8. The van der Waals surface area contributed by atoms with Crippen LogP contribution in [0.5, 0.6) is 0 Å². The molecule has 2 N–H and O–H groups in total. The molecule has 0 heterocycles. The van der Waals surface area contributed by atoms with Crippen molar-refractivity contribution < 1.29 is 95.8 Å². The van der Waals surface area contributed by atoms with E-state index in [2.05, 4.69) is 8.23 Å². The molecule has 0 aromatic rings. The molecule has 0 rings (SSSR count). The summed E-state index contributed by atoms with van der Waals surface area (Å²) in [4.78, 5) is 19.2. The Morgan fingerprint density at radius 3 is 1.23 bits per heavy atom. The van der Waals surface area contributed by atoms with Crippen molar-refractivity contribution in [3.05, 3.63) is 0 Å². The van der Waals surface area contributed by atoms with Crippen LogP contribution in [0.4, 0.5) is 0 Å². The summed E-state index contributed by atoms with van der Waals surface area (Å²) in [5.41, 5.74) is 0. The molecule has 0 aromatic carbocycles. The third kappa shape index (κ3) is 19.6. The molecule has 0 saturated carbocycles. The fraction of sp³-hybridized carbons (Fsp3) is 0. The van der Waals surface area contributed by atoms with Crippen LogP contribution in [-0.4, -0.2) is 33.0 Å². The first-order chi connectivity index (χ1) is 4.52. The molecule has 0 fully saturated rings. The van der Waals surface area contributed by atoms with Crippen molar-refractivity contribution in [3.8, 4) is 0 Å². The summed E-state index contributed by atoms with van der Waals surface area (Å²) in [5, 5.41) is 0. The molecule has 0 unspecified atom stereocenters. The Kier molecular flexibility index (Phi) is 24.2. The first kappa shape index (κ1) is 23.8. The van der Waals surface area contributed by atoms with Gasteiger partial charge in [0.2, 0.25) is 0 Å². The molecule has 0 saturated heterocycles. The summed E-state index contributed by atoms with van der Waals surface area (Å²) in [5.74, 6) is 0. The van der Waals surface area contributed by atoms with Gasteiger partial charge in [-0.1, -0.05) is 0 Å². The van der Waals surface area contributed by atoms with E-state index in [1.165, 1.54) is 0 Å². The Morgan fingerprint density at radius 1 is 0.846 bits per heavy atom. The smallest absolute Gasteiger partial charge is 0.556 e. The van der Waals surface area contributed by atoms with Crippen LogP contribution in [0.2, 0.25) is 0 Å². The van der Waals surface area contributed by atoms with Crippen molar-refractivity contribution in [1.29, 1.82) is 0 Å². The Bertz CT molecular complexity index is 160. The van der Waals surface area contributed by atoms with Gasteiger partial charge in [-0.05, 0) is 0 Å². The van der Waals surface area contributed by atoms with E-state index in [1.807, 2.05) is 0 Å². The minimum Gasteiger partial charge on any atom is -0.556 e. The molecule has 0 amide bonds. The second-order valence-corrected chi connectivity index (χ2v) is 4.09. The van der Waals surface area contributed by atoms with Crippen molar-refractivity contribution in [3.63, 3.8) is 0 Å². The van der Waals surface area contributed by atoms with Crippen molar-refractivity contribution in [2.45, 2.75) is 0 Å². The van der Waals surface area contributed by atoms with Crippen LogP contribution < -0.4 is 68.7 Å². The minimum absolute atomic E-state index is 0. The Balaban J connectivity index is -0.000000135. The quantitative estimate of drug-likeness (QED) is 0.456. The standard InChI is InChI=1S/2Na.O7Si3.H2O/c;;1-8(2)6-10(5)7-9(3)4;/h;;;1H2/q2*+1;-2;. The monoisotopic (exact) mass is 260 g/mol. The topological polar surface area (TPSA) is 147 Å². The molecule has 0 atom stereocenters. The van der Waals surface area contributed by atoms with Crippen LogP contribution in [0.15, 0.2) is 0 Å². The molecular weight excluding hydrogens is 258 g/mol. The van der Waals surface area contributed by atoms with E-state index in [0.717, 1.165) is 0 Å². The van der Waals surface area contributed by atoms with Gasteiger partial charge in [0.25, 0.3) is 0 Å². The van der Waals surface area contributed by atoms with Crippen molar-refractivity contribution in [1.82, 2.24) is 0 Å². The number of hydrogen-bond donors (Lipinski definition) is 0. The Hall–Kier alpha value is 1.21. The molecule has 0 aromatic heterocycles. The molecule has 0 aliphatic carbocycles. The van der Waals surface area contributed by atoms with Crippen molar-refractivity contribution >= 4 is 27.5 Å². The molecule has 0 spiro atoms. The summed E-state index contributed by atoms with van der Waals surface area (Å²) in [7, 11) is -10.7. The maximum absolute atomic E-state index is 10.1. The van der Waals surface area contributed by atoms with Crippen molar-refractivity contribution in [2.75, 3.05) is 0 Å². The van der Waals surface area contributed by atoms with Crippen LogP contribution >= 0.6 is 0 Å². The zero-order chi connectivity index (χ0) is 8.15. The zero-order valence-corrected chi connectivity index (χ0v) is 13.9. The second kappa shape index (κ2) is 13.2. The number of hydrogen-bond acceptors (Lipinski definition) is 7. The van der Waals surface area contributed by atoms with Gasteiger partial charge < -0.3 is 36.7 Å². The summed E-state index contributed by atoms with van der Waals surface area (Å²) < 4.78 is 36.2. The fourth-order valence-corrected chi connectivity index (χ4v) is 1.79. The van der Waals surface area contributed by atoms with Crippen molar-refractivity contribution in [2.24, 2.45) is 0 Å². The van der Waals surface area contributed by atoms with E-state index in [0.29, 0.717) is 0 Å². The van der Waals surface area contributed by atoms with E-state index in [1.54, 1.807) is 0 Å². The predicted molar refractivity (Wildman–Crippen MR) is 25.1 cm³/mol. The zero-order valence-electron chi connectivity index (χ0n) is 6.86. The van der Waals surface area contributed by atoms with E-state index >= 15 is 0 Å². The molecule has 13 heavy (non-hydrogen) atoms. The average Bonchev–Trinajstić information content (AvgIpc) is 1.58. The van der Waals surface area contributed by atoms with Gasteiger partial charge >= 0.3 is 86.6 Å². The minimum atomic E-state index is -3.63. The molecule has 8 nitrogen and oxygen atoms in total. The Morgan fingerprint density at radius 2 is 1.08 bits per heavy atom. The molecule has 0 radical (unpaired) electrons. The van der Waals surface area contributed by atoms with E-state index in [-0.39, 0.29) is 64.6 Å². The molecular formula is H2Na2O8Si3. The Labute approximate surface area is 122 Å². The first-order valence-corrected chi connectivity index (χ1v) is 5.51. The summed E-state index contributed by atoms with van der Waals surface area (Å²) in [6, 6.07) is 0. The van der Waals surface area contributed by atoms with Gasteiger partial charge in [-0.15, -0.1) is 0 Å². The van der Waals surface area contributed by atoms with Crippen LogP contribution in [-0.2, 0) is 21.6 Å². The summed E-state index contributed by atoms with van der Waals surface area (Å²) in [6.45, 7) is 0. The molecule has 64 valence electrons. The van der Waals surface area contributed by atoms with Gasteiger partial charge in [-0.2, -0.15) is 0 Å². The normalized spacial score (nSPS) is 6.15. The van der Waals surface area contributed by atoms with E-state index in [9.17, 15) is 23.0 Å². The average molecular weight is 260 g/mol. The van der Waals surface area contributed by atoms with Crippen LogP contribution in [0.25, 0.3) is 0 Å². The fourth-order valence-electron chi connectivity index (χ4n) is 0.157. The van der Waals surface area contributed by atoms with Gasteiger partial charge in [-0.3, -0.25) is 0 Å². The van der Waals surface area contributed by atoms with E-state index in [4.69, 9.17) is 0 Å². The molecule has 0 aliphatic rings. The van der Waals surface area contributed by atoms with Gasteiger partial charge in [-0.25, -0.2) is 0 Å². The largest absolute Gasteiger partial charge is 1.00 e. The number of rotatable bonds is 4. The first-order valence-electron chi connectivity index (χ1n) is 1.84. The maximum Gasteiger partial charge on any atom is 1.00 e. The summed E-state index contributed by atoms with van der Waals surface area (Å²) in [6.07, 6.45) is 0. The van der Waals surface area contributed by atoms with Gasteiger partial charge in [0.1, 0.15) is 0 Å². The summed E-state index contributed by atoms with van der Waals surface area (Å²) >= 11 is 0. The van der Waals surface area contributed by atoms with Crippen LogP contribution in [0.3, 0.4) is 0 Å². The third-order valence-corrected chi connectivity index (χ3v) is 3.00. The van der Waals surface area contributed by atoms with Gasteiger partial charge in [0.05, 0.1) is 0 Å². The van der Waals surface area contributed by atoms with Gasteiger partial charge in [0, 0.05) is 0 Å². The SMILES string of the molecule is O.O=[Si]([O-])O[Si](=O)O[Si](=O)[O-].[Na+].[Na+]. The van der Waals surface area contributed by atoms with E-state index < -0.39 is 27.5 Å². The second-order valence-electron chi connectivity index (χ2n) is 0.954. The maximum atomic E-state index is 10.1. The van der Waals surface area contributed by atoms with Gasteiger partial charge in [0.15, 0.2) is 0 Å². The molecule has 13 heteroatoms. The van der Waals surface area contributed by atoms with Crippen LogP contribution in [0.1, 0.15) is 0 Å². The molecule has 0 aliphatic heterocycles. The third-order valence-electron chi connectivity index (χ3n) is 0.333. The molecule has 0 bridgehead atoms. The van der Waals surface area contributed by atoms with Crippen LogP contribution in [0, 0.1) is 0 Å².